The van der Waals surface area contributed by atoms with Crippen LogP contribution in [0.2, 0.25) is 0 Å². The number of hydrogen-bond donors (Lipinski definition) is 1. The van der Waals surface area contributed by atoms with Gasteiger partial charge < -0.3 is 10.2 Å². The zero-order valence-electron chi connectivity index (χ0n) is 14.1. The van der Waals surface area contributed by atoms with Gasteiger partial charge in [0.15, 0.2) is 0 Å². The van der Waals surface area contributed by atoms with Gasteiger partial charge in [-0.2, -0.15) is 0 Å². The molecule has 1 aliphatic rings. The largest absolute Gasteiger partial charge is 0.313 e. The van der Waals surface area contributed by atoms with Crippen LogP contribution in [0.5, 0.6) is 0 Å². The molecular weight excluding hydrogens is 232 g/mol. The molecule has 0 bridgehead atoms. The Kier molecular flexibility index (Phi) is 6.82. The highest BCUT2D eigenvalue weighted by molar-refractivity contribution is 4.83. The zero-order valence-corrected chi connectivity index (χ0v) is 14.1. The van der Waals surface area contributed by atoms with Crippen LogP contribution in [0.1, 0.15) is 60.8 Å². The van der Waals surface area contributed by atoms with E-state index in [1.54, 1.807) is 0 Å². The Balaban J connectivity index is 2.42. The Morgan fingerprint density at radius 1 is 1.16 bits per heavy atom. The molecule has 0 aromatic rings. The molecule has 0 aliphatic carbocycles. The van der Waals surface area contributed by atoms with Crippen molar-refractivity contribution in [1.29, 1.82) is 0 Å². The first-order valence-corrected chi connectivity index (χ1v) is 8.28. The number of rotatable bonds is 6. The molecule has 0 spiro atoms. The molecule has 19 heavy (non-hydrogen) atoms. The number of piperidine rings is 1. The lowest BCUT2D eigenvalue weighted by atomic mass is 9.84. The van der Waals surface area contributed by atoms with Gasteiger partial charge in [0.2, 0.25) is 0 Å². The minimum atomic E-state index is 0.363. The molecule has 1 N–H and O–H groups in total. The maximum absolute atomic E-state index is 3.74. The molecule has 0 saturated carbocycles. The van der Waals surface area contributed by atoms with Crippen LogP contribution in [0.3, 0.4) is 0 Å². The first-order chi connectivity index (χ1) is 8.82. The second-order valence-electron chi connectivity index (χ2n) is 7.87. The third-order valence-electron chi connectivity index (χ3n) is 4.36. The topological polar surface area (TPSA) is 15.3 Å². The first-order valence-electron chi connectivity index (χ1n) is 8.28. The highest BCUT2D eigenvalue weighted by Crippen LogP contribution is 2.25. The molecule has 0 radical (unpaired) electrons. The lowest BCUT2D eigenvalue weighted by Gasteiger charge is -2.38. The Morgan fingerprint density at radius 3 is 2.21 bits per heavy atom. The molecule has 2 nitrogen and oxygen atoms in total. The van der Waals surface area contributed by atoms with E-state index in [4.69, 9.17) is 0 Å². The van der Waals surface area contributed by atoms with Crippen LogP contribution in [0, 0.1) is 17.3 Å². The van der Waals surface area contributed by atoms with Crippen molar-refractivity contribution >= 4 is 0 Å². The molecule has 2 heteroatoms. The van der Waals surface area contributed by atoms with Crippen LogP contribution >= 0.6 is 0 Å². The van der Waals surface area contributed by atoms with Gasteiger partial charge in [0.25, 0.3) is 0 Å². The van der Waals surface area contributed by atoms with Crippen molar-refractivity contribution in [1.82, 2.24) is 10.2 Å². The lowest BCUT2D eigenvalue weighted by Crippen LogP contribution is -2.45. The predicted octanol–water partition coefficient (Wildman–Crippen LogP) is 3.77. The highest BCUT2D eigenvalue weighted by Gasteiger charge is 2.26. The minimum absolute atomic E-state index is 0.363. The lowest BCUT2D eigenvalue weighted by molar-refractivity contribution is 0.125. The summed E-state index contributed by atoms with van der Waals surface area (Å²) >= 11 is 0. The summed E-state index contributed by atoms with van der Waals surface area (Å²) in [6, 6.07) is 0.639. The van der Waals surface area contributed by atoms with Gasteiger partial charge in [0.05, 0.1) is 0 Å². The molecule has 1 aliphatic heterocycles. The third-order valence-corrected chi connectivity index (χ3v) is 4.36. The quantitative estimate of drug-likeness (QED) is 0.789. The zero-order chi connectivity index (χ0) is 14.5. The Morgan fingerprint density at radius 2 is 1.74 bits per heavy atom. The van der Waals surface area contributed by atoms with Crippen LogP contribution in [0.15, 0.2) is 0 Å². The number of hydrogen-bond acceptors (Lipinski definition) is 2. The summed E-state index contributed by atoms with van der Waals surface area (Å²) in [5, 5.41) is 3.74. The summed E-state index contributed by atoms with van der Waals surface area (Å²) < 4.78 is 0. The van der Waals surface area contributed by atoms with Crippen LogP contribution in [-0.2, 0) is 0 Å². The fourth-order valence-corrected chi connectivity index (χ4v) is 3.45. The summed E-state index contributed by atoms with van der Waals surface area (Å²) in [6.45, 7) is 19.1. The van der Waals surface area contributed by atoms with Gasteiger partial charge in [-0.05, 0) is 49.6 Å². The minimum Gasteiger partial charge on any atom is -0.313 e. The van der Waals surface area contributed by atoms with Crippen molar-refractivity contribution < 1.29 is 0 Å². The summed E-state index contributed by atoms with van der Waals surface area (Å²) in [7, 11) is 0. The van der Waals surface area contributed by atoms with Crippen LogP contribution < -0.4 is 5.32 Å². The van der Waals surface area contributed by atoms with E-state index in [1.807, 2.05) is 0 Å². The van der Waals surface area contributed by atoms with Crippen LogP contribution in [-0.4, -0.2) is 37.1 Å². The standard InChI is InChI=1S/C17H36N2/c1-7-9-18-16(17(4,5)6)8-10-19-12-14(2)11-15(3)13-19/h14-16,18H,7-13H2,1-6H3. The Bertz CT molecular complexity index is 234. The van der Waals surface area contributed by atoms with Gasteiger partial charge in [-0.3, -0.25) is 0 Å². The van der Waals surface area contributed by atoms with E-state index in [9.17, 15) is 0 Å². The van der Waals surface area contributed by atoms with E-state index in [2.05, 4.69) is 51.8 Å². The Labute approximate surface area is 121 Å². The van der Waals surface area contributed by atoms with Gasteiger partial charge in [-0.1, -0.05) is 41.5 Å². The smallest absolute Gasteiger partial charge is 0.0128 e. The number of likely N-dealkylation sites (tertiary alicyclic amines) is 1. The average molecular weight is 268 g/mol. The van der Waals surface area contributed by atoms with Gasteiger partial charge in [-0.15, -0.1) is 0 Å². The monoisotopic (exact) mass is 268 g/mol. The van der Waals surface area contributed by atoms with Crippen molar-refractivity contribution in [3.05, 3.63) is 0 Å². The fraction of sp³-hybridized carbons (Fsp3) is 1.00. The number of nitrogens with one attached hydrogen (secondary N) is 1. The molecule has 1 fully saturated rings. The van der Waals surface area contributed by atoms with Gasteiger partial charge >= 0.3 is 0 Å². The molecule has 0 aromatic heterocycles. The predicted molar refractivity (Wildman–Crippen MR) is 85.5 cm³/mol. The summed E-state index contributed by atoms with van der Waals surface area (Å²) in [6.07, 6.45) is 3.92. The van der Waals surface area contributed by atoms with Crippen molar-refractivity contribution in [3.63, 3.8) is 0 Å². The number of nitrogens with zero attached hydrogens (tertiary/aromatic N) is 1. The normalized spacial score (nSPS) is 27.5. The molecular formula is C17H36N2. The first kappa shape index (κ1) is 17.0. The molecule has 114 valence electrons. The fourth-order valence-electron chi connectivity index (χ4n) is 3.45. The molecule has 1 heterocycles. The van der Waals surface area contributed by atoms with Crippen molar-refractivity contribution in [2.24, 2.45) is 17.3 Å². The van der Waals surface area contributed by atoms with Crippen molar-refractivity contribution in [3.8, 4) is 0 Å². The average Bonchev–Trinajstić information content (AvgIpc) is 2.26. The van der Waals surface area contributed by atoms with E-state index >= 15 is 0 Å². The van der Waals surface area contributed by atoms with E-state index in [1.165, 1.54) is 38.9 Å². The molecule has 0 amide bonds. The summed E-state index contributed by atoms with van der Waals surface area (Å²) in [5.41, 5.74) is 0.363. The maximum Gasteiger partial charge on any atom is 0.0128 e. The molecule has 3 atom stereocenters. The Hall–Kier alpha value is -0.0800. The third kappa shape index (κ3) is 6.27. The van der Waals surface area contributed by atoms with Crippen molar-refractivity contribution in [2.75, 3.05) is 26.2 Å². The van der Waals surface area contributed by atoms with Gasteiger partial charge in [0, 0.05) is 19.1 Å². The van der Waals surface area contributed by atoms with E-state index in [0.717, 1.165) is 18.4 Å². The molecule has 1 saturated heterocycles. The highest BCUT2D eigenvalue weighted by atomic mass is 15.1. The summed E-state index contributed by atoms with van der Waals surface area (Å²) in [5.74, 6) is 1.75. The van der Waals surface area contributed by atoms with Gasteiger partial charge in [0.1, 0.15) is 0 Å². The van der Waals surface area contributed by atoms with Crippen LogP contribution in [0.25, 0.3) is 0 Å². The van der Waals surface area contributed by atoms with E-state index in [-0.39, 0.29) is 0 Å². The van der Waals surface area contributed by atoms with E-state index in [0.29, 0.717) is 11.5 Å². The molecule has 3 unspecified atom stereocenters. The second kappa shape index (κ2) is 7.64. The SMILES string of the molecule is CCCNC(CCN1CC(C)CC(C)C1)C(C)(C)C. The van der Waals surface area contributed by atoms with Crippen molar-refractivity contribution in [2.45, 2.75) is 66.8 Å². The van der Waals surface area contributed by atoms with Gasteiger partial charge in [-0.25, -0.2) is 0 Å². The second-order valence-corrected chi connectivity index (χ2v) is 7.87. The maximum atomic E-state index is 3.74. The molecule has 1 rings (SSSR count). The molecule has 0 aromatic carbocycles. The van der Waals surface area contributed by atoms with E-state index < -0.39 is 0 Å². The van der Waals surface area contributed by atoms with Crippen LogP contribution in [0.4, 0.5) is 0 Å². The summed E-state index contributed by atoms with van der Waals surface area (Å²) in [4.78, 5) is 2.69.